The van der Waals surface area contributed by atoms with Crippen molar-refractivity contribution in [3.05, 3.63) is 57.6 Å². The minimum Gasteiger partial charge on any atom is -0.493 e. The lowest BCUT2D eigenvalue weighted by molar-refractivity contribution is 0.0955. The lowest BCUT2D eigenvalue weighted by Crippen LogP contribution is -2.17. The van der Waals surface area contributed by atoms with Crippen LogP contribution in [-0.4, -0.2) is 26.3 Å². The molecule has 1 amide bonds. The van der Waals surface area contributed by atoms with Crippen molar-refractivity contribution in [1.29, 1.82) is 0 Å². The number of hydrogen-bond donors (Lipinski definition) is 1. The molecule has 0 unspecified atom stereocenters. The second kappa shape index (κ2) is 7.78. The Hall–Kier alpha value is -2.34. The lowest BCUT2D eigenvalue weighted by atomic mass is 10.1. The van der Waals surface area contributed by atoms with Gasteiger partial charge in [-0.1, -0.05) is 22.0 Å². The summed E-state index contributed by atoms with van der Waals surface area (Å²) in [5, 5.41) is 4.00. The van der Waals surface area contributed by atoms with Crippen LogP contribution in [0.5, 0.6) is 11.5 Å². The number of amides is 1. The van der Waals surface area contributed by atoms with Gasteiger partial charge >= 0.3 is 0 Å². The third kappa shape index (κ3) is 4.32. The van der Waals surface area contributed by atoms with Gasteiger partial charge in [-0.05, 0) is 42.8 Å². The highest BCUT2D eigenvalue weighted by molar-refractivity contribution is 9.10. The molecular weight excluding hydrogens is 360 g/mol. The molecule has 23 heavy (non-hydrogen) atoms. The zero-order valence-electron chi connectivity index (χ0n) is 13.1. The SMILES string of the molecule is COc1cc(C)c(C=NNC(=O)c2cccc(Br)c2)cc1OC. The molecule has 2 aromatic carbocycles. The Morgan fingerprint density at radius 2 is 1.87 bits per heavy atom. The van der Waals surface area contributed by atoms with Gasteiger partial charge in [0, 0.05) is 15.6 Å². The van der Waals surface area contributed by atoms with E-state index >= 15 is 0 Å². The molecule has 0 aromatic heterocycles. The molecule has 0 saturated heterocycles. The fraction of sp³-hybridized carbons (Fsp3) is 0.176. The normalized spacial score (nSPS) is 10.6. The number of carbonyl (C=O) groups excluding carboxylic acids is 1. The standard InChI is InChI=1S/C17H17BrN2O3/c1-11-7-15(22-2)16(23-3)9-13(11)10-19-20-17(21)12-5-4-6-14(18)8-12/h4-10H,1-3H3,(H,20,21). The highest BCUT2D eigenvalue weighted by Gasteiger charge is 2.08. The van der Waals surface area contributed by atoms with E-state index in [1.54, 1.807) is 38.6 Å². The zero-order chi connectivity index (χ0) is 16.8. The molecule has 0 radical (unpaired) electrons. The number of ether oxygens (including phenoxy) is 2. The van der Waals surface area contributed by atoms with Crippen LogP contribution < -0.4 is 14.9 Å². The highest BCUT2D eigenvalue weighted by atomic mass is 79.9. The van der Waals surface area contributed by atoms with Gasteiger partial charge in [0.1, 0.15) is 0 Å². The van der Waals surface area contributed by atoms with Crippen molar-refractivity contribution < 1.29 is 14.3 Å². The fourth-order valence-corrected chi connectivity index (χ4v) is 2.39. The van der Waals surface area contributed by atoms with Crippen LogP contribution in [0.15, 0.2) is 46.0 Å². The second-order valence-corrected chi connectivity index (χ2v) is 5.69. The molecule has 2 aromatic rings. The summed E-state index contributed by atoms with van der Waals surface area (Å²) in [7, 11) is 3.16. The minimum atomic E-state index is -0.277. The first-order chi connectivity index (χ1) is 11.0. The number of benzene rings is 2. The van der Waals surface area contributed by atoms with Crippen LogP contribution in [0.2, 0.25) is 0 Å². The van der Waals surface area contributed by atoms with E-state index in [2.05, 4.69) is 26.5 Å². The van der Waals surface area contributed by atoms with E-state index in [0.717, 1.165) is 15.6 Å². The molecule has 6 heteroatoms. The maximum atomic E-state index is 12.0. The minimum absolute atomic E-state index is 0.277. The van der Waals surface area contributed by atoms with E-state index in [-0.39, 0.29) is 5.91 Å². The number of rotatable bonds is 5. The fourth-order valence-electron chi connectivity index (χ4n) is 1.99. The maximum Gasteiger partial charge on any atom is 0.271 e. The molecule has 0 saturated carbocycles. The zero-order valence-corrected chi connectivity index (χ0v) is 14.7. The predicted molar refractivity (Wildman–Crippen MR) is 93.5 cm³/mol. The van der Waals surface area contributed by atoms with Gasteiger partial charge in [0.25, 0.3) is 5.91 Å². The Balaban J connectivity index is 2.13. The summed E-state index contributed by atoms with van der Waals surface area (Å²) in [4.78, 5) is 12.0. The van der Waals surface area contributed by atoms with Gasteiger partial charge in [-0.15, -0.1) is 0 Å². The number of aryl methyl sites for hydroxylation is 1. The monoisotopic (exact) mass is 376 g/mol. The summed E-state index contributed by atoms with van der Waals surface area (Å²) in [6, 6.07) is 10.8. The number of nitrogens with one attached hydrogen (secondary N) is 1. The van der Waals surface area contributed by atoms with Crippen molar-refractivity contribution in [2.24, 2.45) is 5.10 Å². The van der Waals surface area contributed by atoms with Gasteiger partial charge in [0.15, 0.2) is 11.5 Å². The maximum absolute atomic E-state index is 12.0. The van der Waals surface area contributed by atoms with Crippen molar-refractivity contribution in [2.75, 3.05) is 14.2 Å². The van der Waals surface area contributed by atoms with Gasteiger partial charge < -0.3 is 9.47 Å². The predicted octanol–water partition coefficient (Wildman–Crippen LogP) is 3.54. The molecule has 1 N–H and O–H groups in total. The first-order valence-corrected chi connectivity index (χ1v) is 7.66. The van der Waals surface area contributed by atoms with Crippen LogP contribution in [0.3, 0.4) is 0 Å². The molecular formula is C17H17BrN2O3. The number of halogens is 1. The van der Waals surface area contributed by atoms with Crippen LogP contribution in [-0.2, 0) is 0 Å². The average Bonchev–Trinajstić information content (AvgIpc) is 2.55. The van der Waals surface area contributed by atoms with Gasteiger partial charge in [-0.3, -0.25) is 4.79 Å². The lowest BCUT2D eigenvalue weighted by Gasteiger charge is -2.10. The molecule has 0 atom stereocenters. The van der Waals surface area contributed by atoms with Crippen LogP contribution in [0.1, 0.15) is 21.5 Å². The molecule has 0 aliphatic rings. The first-order valence-electron chi connectivity index (χ1n) is 6.86. The number of hydrogen-bond acceptors (Lipinski definition) is 4. The van der Waals surface area contributed by atoms with Crippen LogP contribution in [0, 0.1) is 6.92 Å². The van der Waals surface area contributed by atoms with Crippen molar-refractivity contribution >= 4 is 28.1 Å². The third-order valence-electron chi connectivity index (χ3n) is 3.23. The first kappa shape index (κ1) is 17.0. The van der Waals surface area contributed by atoms with Gasteiger partial charge in [-0.25, -0.2) is 5.43 Å². The summed E-state index contributed by atoms with van der Waals surface area (Å²) >= 11 is 3.33. The van der Waals surface area contributed by atoms with Crippen molar-refractivity contribution in [3.63, 3.8) is 0 Å². The van der Waals surface area contributed by atoms with Crippen molar-refractivity contribution in [2.45, 2.75) is 6.92 Å². The number of methoxy groups -OCH3 is 2. The second-order valence-electron chi connectivity index (χ2n) is 4.77. The summed E-state index contributed by atoms with van der Waals surface area (Å²) in [6.45, 7) is 1.93. The smallest absolute Gasteiger partial charge is 0.271 e. The molecule has 0 aliphatic heterocycles. The Labute approximate surface area is 143 Å². The number of nitrogens with zero attached hydrogens (tertiary/aromatic N) is 1. The molecule has 0 spiro atoms. The Morgan fingerprint density at radius 1 is 1.17 bits per heavy atom. The average molecular weight is 377 g/mol. The van der Waals surface area contributed by atoms with E-state index in [1.165, 1.54) is 0 Å². The number of hydrazone groups is 1. The molecule has 0 aliphatic carbocycles. The number of carbonyl (C=O) groups is 1. The van der Waals surface area contributed by atoms with Crippen LogP contribution >= 0.6 is 15.9 Å². The Kier molecular flexibility index (Phi) is 5.76. The molecule has 2 rings (SSSR count). The van der Waals surface area contributed by atoms with Gasteiger partial charge in [-0.2, -0.15) is 5.10 Å². The Bertz CT molecular complexity index is 745. The van der Waals surface area contributed by atoms with Crippen molar-refractivity contribution in [1.82, 2.24) is 5.43 Å². The third-order valence-corrected chi connectivity index (χ3v) is 3.72. The molecule has 0 fully saturated rings. The van der Waals surface area contributed by atoms with E-state index in [9.17, 15) is 4.79 Å². The summed E-state index contributed by atoms with van der Waals surface area (Å²) in [5.41, 5.74) is 4.83. The van der Waals surface area contributed by atoms with Gasteiger partial charge in [0.2, 0.25) is 0 Å². The molecule has 0 bridgehead atoms. The molecule has 0 heterocycles. The van der Waals surface area contributed by atoms with E-state index < -0.39 is 0 Å². The van der Waals surface area contributed by atoms with Crippen LogP contribution in [0.4, 0.5) is 0 Å². The van der Waals surface area contributed by atoms with E-state index in [4.69, 9.17) is 9.47 Å². The van der Waals surface area contributed by atoms with E-state index in [1.807, 2.05) is 25.1 Å². The summed E-state index contributed by atoms with van der Waals surface area (Å²) in [5.74, 6) is 0.985. The van der Waals surface area contributed by atoms with E-state index in [0.29, 0.717) is 17.1 Å². The largest absolute Gasteiger partial charge is 0.493 e. The topological polar surface area (TPSA) is 59.9 Å². The van der Waals surface area contributed by atoms with Crippen molar-refractivity contribution in [3.8, 4) is 11.5 Å². The molecule has 5 nitrogen and oxygen atoms in total. The highest BCUT2D eigenvalue weighted by Crippen LogP contribution is 2.29. The van der Waals surface area contributed by atoms with Gasteiger partial charge in [0.05, 0.1) is 20.4 Å². The quantitative estimate of drug-likeness (QED) is 0.641. The molecule has 120 valence electrons. The van der Waals surface area contributed by atoms with Crippen LogP contribution in [0.25, 0.3) is 0 Å². The summed E-state index contributed by atoms with van der Waals surface area (Å²) < 4.78 is 11.3. The summed E-state index contributed by atoms with van der Waals surface area (Å²) in [6.07, 6.45) is 1.58. The Morgan fingerprint density at radius 3 is 2.52 bits per heavy atom.